The first-order valence-electron chi connectivity index (χ1n) is 14.1. The minimum atomic E-state index is -1.13. The summed E-state index contributed by atoms with van der Waals surface area (Å²) in [5.74, 6) is 0.605. The van der Waals surface area contributed by atoms with E-state index in [0.717, 1.165) is 44.7 Å². The van der Waals surface area contributed by atoms with Crippen LogP contribution < -0.4 is 16.0 Å². The van der Waals surface area contributed by atoms with Crippen molar-refractivity contribution >= 4 is 17.7 Å². The maximum atomic E-state index is 13.5. The molecule has 2 aliphatic heterocycles. The van der Waals surface area contributed by atoms with Gasteiger partial charge in [-0.1, -0.05) is 45.4 Å². The molecule has 4 rings (SSSR count). The molecule has 35 heavy (non-hydrogen) atoms. The van der Waals surface area contributed by atoms with Crippen LogP contribution in [0.4, 0.5) is 11.8 Å². The van der Waals surface area contributed by atoms with E-state index in [1.807, 2.05) is 13.0 Å². The van der Waals surface area contributed by atoms with Crippen LogP contribution in [0.2, 0.25) is 0 Å². The van der Waals surface area contributed by atoms with Crippen LogP contribution in [0.25, 0.3) is 0 Å². The molecule has 3 unspecified atom stereocenters. The molecular weight excluding hydrogens is 440 g/mol. The van der Waals surface area contributed by atoms with Crippen molar-refractivity contribution in [2.24, 2.45) is 11.7 Å². The standard InChI is InChI=1S/C27H46N6O2/c1-2-21(20-34)27(25(28)35,23-14-8-11-19-33(23)22-12-6-5-7-13-22)31-26-29-16-15-24(30-26)32-17-9-3-4-10-18-32/h15-16,21-23,34H,2-14,17-20H2,1H3,(H2,28,35)(H,29,30,31). The maximum Gasteiger partial charge on any atom is 0.245 e. The highest BCUT2D eigenvalue weighted by Crippen LogP contribution is 2.39. The Balaban J connectivity index is 1.70. The number of carbonyl (C=O) groups excluding carboxylic acids is 1. The summed E-state index contributed by atoms with van der Waals surface area (Å²) < 4.78 is 0. The summed E-state index contributed by atoms with van der Waals surface area (Å²) >= 11 is 0. The Bertz CT molecular complexity index is 805. The average molecular weight is 487 g/mol. The molecule has 1 amide bonds. The Morgan fingerprint density at radius 3 is 2.40 bits per heavy atom. The molecule has 3 fully saturated rings. The van der Waals surface area contributed by atoms with Crippen LogP contribution in [0.1, 0.15) is 90.4 Å². The van der Waals surface area contributed by atoms with E-state index < -0.39 is 11.4 Å². The summed E-state index contributed by atoms with van der Waals surface area (Å²) in [6.07, 6.45) is 16.5. The molecular formula is C27H46N6O2. The van der Waals surface area contributed by atoms with Gasteiger partial charge in [0.05, 0.1) is 0 Å². The van der Waals surface area contributed by atoms with Crippen LogP contribution in [0.15, 0.2) is 12.3 Å². The highest BCUT2D eigenvalue weighted by molar-refractivity contribution is 5.89. The van der Waals surface area contributed by atoms with Gasteiger partial charge in [-0.05, 0) is 57.6 Å². The minimum absolute atomic E-state index is 0.0839. The normalized spacial score (nSPS) is 25.4. The second-order valence-corrected chi connectivity index (χ2v) is 10.8. The summed E-state index contributed by atoms with van der Waals surface area (Å²) in [7, 11) is 0. The number of aliphatic hydroxyl groups is 1. The van der Waals surface area contributed by atoms with Gasteiger partial charge in [-0.15, -0.1) is 0 Å². The van der Waals surface area contributed by atoms with Gasteiger partial charge in [0.15, 0.2) is 0 Å². The van der Waals surface area contributed by atoms with Crippen molar-refractivity contribution in [1.29, 1.82) is 0 Å². The number of primary amides is 1. The zero-order chi connectivity index (χ0) is 24.7. The molecule has 3 heterocycles. The number of carbonyl (C=O) groups is 1. The van der Waals surface area contributed by atoms with E-state index in [0.29, 0.717) is 18.4 Å². The van der Waals surface area contributed by atoms with Crippen LogP contribution in [-0.4, -0.2) is 69.7 Å². The lowest BCUT2D eigenvalue weighted by Gasteiger charge is -2.53. The fourth-order valence-electron chi connectivity index (χ4n) is 6.84. The van der Waals surface area contributed by atoms with E-state index in [4.69, 9.17) is 10.7 Å². The van der Waals surface area contributed by atoms with Gasteiger partial charge >= 0.3 is 0 Å². The lowest BCUT2D eigenvalue weighted by Crippen LogP contribution is -2.70. The highest BCUT2D eigenvalue weighted by atomic mass is 16.3. The second kappa shape index (κ2) is 12.3. The molecule has 4 N–H and O–H groups in total. The fraction of sp³-hybridized carbons (Fsp3) is 0.815. The van der Waals surface area contributed by atoms with Crippen molar-refractivity contribution in [2.75, 3.05) is 36.5 Å². The SMILES string of the molecule is CCC(CO)C(Nc1nccc(N2CCCCCC2)n1)(C(N)=O)C1CCCCN1C1CCCCC1. The van der Waals surface area contributed by atoms with Crippen LogP contribution >= 0.6 is 0 Å². The average Bonchev–Trinajstić information content (AvgIpc) is 3.19. The van der Waals surface area contributed by atoms with Gasteiger partial charge in [0.2, 0.25) is 11.9 Å². The largest absolute Gasteiger partial charge is 0.396 e. The van der Waals surface area contributed by atoms with Crippen molar-refractivity contribution in [2.45, 2.75) is 108 Å². The molecule has 1 aromatic rings. The number of anilines is 2. The number of likely N-dealkylation sites (tertiary alicyclic amines) is 1. The first kappa shape index (κ1) is 26.1. The van der Waals surface area contributed by atoms with Gasteiger partial charge in [-0.2, -0.15) is 4.98 Å². The number of aromatic nitrogens is 2. The molecule has 8 nitrogen and oxygen atoms in total. The quantitative estimate of drug-likeness (QED) is 0.488. The first-order valence-corrected chi connectivity index (χ1v) is 14.1. The first-order chi connectivity index (χ1) is 17.1. The Kier molecular flexibility index (Phi) is 9.22. The summed E-state index contributed by atoms with van der Waals surface area (Å²) in [6.45, 7) is 4.88. The third-order valence-corrected chi connectivity index (χ3v) is 8.77. The third kappa shape index (κ3) is 5.74. The predicted molar refractivity (Wildman–Crippen MR) is 140 cm³/mol. The van der Waals surface area contributed by atoms with E-state index in [2.05, 4.69) is 20.1 Å². The molecule has 8 heteroatoms. The van der Waals surface area contributed by atoms with Crippen LogP contribution in [0.5, 0.6) is 0 Å². The Labute approximate surface area is 211 Å². The number of nitrogens with two attached hydrogens (primary N) is 1. The number of hydrogen-bond donors (Lipinski definition) is 3. The van der Waals surface area contributed by atoms with E-state index in [-0.39, 0.29) is 18.6 Å². The number of piperidine rings is 1. The third-order valence-electron chi connectivity index (χ3n) is 8.77. The highest BCUT2D eigenvalue weighted by Gasteiger charge is 2.54. The van der Waals surface area contributed by atoms with Crippen LogP contribution in [-0.2, 0) is 4.79 Å². The van der Waals surface area contributed by atoms with Gasteiger partial charge in [-0.25, -0.2) is 4.98 Å². The van der Waals surface area contributed by atoms with Gasteiger partial charge in [-0.3, -0.25) is 9.69 Å². The number of aliphatic hydroxyl groups excluding tert-OH is 1. The van der Waals surface area contributed by atoms with Crippen LogP contribution in [0, 0.1) is 5.92 Å². The molecule has 3 aliphatic rings. The molecule has 196 valence electrons. The van der Waals surface area contributed by atoms with E-state index in [1.165, 1.54) is 57.8 Å². The molecule has 1 saturated carbocycles. The molecule has 0 spiro atoms. The predicted octanol–water partition coefficient (Wildman–Crippen LogP) is 3.70. The molecule has 1 aliphatic carbocycles. The Morgan fingerprint density at radius 2 is 1.74 bits per heavy atom. The molecule has 2 saturated heterocycles. The van der Waals surface area contributed by atoms with Gasteiger partial charge in [0.1, 0.15) is 11.4 Å². The lowest BCUT2D eigenvalue weighted by molar-refractivity contribution is -0.130. The van der Waals surface area contributed by atoms with Gasteiger partial charge < -0.3 is 21.1 Å². The molecule has 0 aromatic carbocycles. The summed E-state index contributed by atoms with van der Waals surface area (Å²) in [5, 5.41) is 14.0. The number of nitrogens with one attached hydrogen (secondary N) is 1. The van der Waals surface area contributed by atoms with Gasteiger partial charge in [0, 0.05) is 43.9 Å². The van der Waals surface area contributed by atoms with E-state index >= 15 is 0 Å². The van der Waals surface area contributed by atoms with Crippen molar-refractivity contribution in [3.05, 3.63) is 12.3 Å². The number of nitrogens with zero attached hydrogens (tertiary/aromatic N) is 4. The van der Waals surface area contributed by atoms with E-state index in [1.54, 1.807) is 6.20 Å². The molecule has 3 atom stereocenters. The summed E-state index contributed by atoms with van der Waals surface area (Å²) in [5.41, 5.74) is 5.16. The minimum Gasteiger partial charge on any atom is -0.396 e. The van der Waals surface area contributed by atoms with Crippen molar-refractivity contribution in [3.8, 4) is 0 Å². The molecule has 0 bridgehead atoms. The summed E-state index contributed by atoms with van der Waals surface area (Å²) in [6, 6.07) is 2.34. The summed E-state index contributed by atoms with van der Waals surface area (Å²) in [4.78, 5) is 27.8. The van der Waals surface area contributed by atoms with Gasteiger partial charge in [0.25, 0.3) is 0 Å². The molecule has 0 radical (unpaired) electrons. The Morgan fingerprint density at radius 1 is 1.09 bits per heavy atom. The smallest absolute Gasteiger partial charge is 0.245 e. The monoisotopic (exact) mass is 486 g/mol. The number of rotatable bonds is 9. The Hall–Kier alpha value is -1.93. The number of amides is 1. The zero-order valence-electron chi connectivity index (χ0n) is 21.6. The van der Waals surface area contributed by atoms with Crippen LogP contribution in [0.3, 0.4) is 0 Å². The van der Waals surface area contributed by atoms with Crippen molar-refractivity contribution in [1.82, 2.24) is 14.9 Å². The zero-order valence-corrected chi connectivity index (χ0v) is 21.6. The van der Waals surface area contributed by atoms with Crippen molar-refractivity contribution in [3.63, 3.8) is 0 Å². The second-order valence-electron chi connectivity index (χ2n) is 10.8. The topological polar surface area (TPSA) is 108 Å². The maximum absolute atomic E-state index is 13.5. The molecule has 1 aromatic heterocycles. The fourth-order valence-corrected chi connectivity index (χ4v) is 6.84. The lowest BCUT2D eigenvalue weighted by atomic mass is 9.71. The van der Waals surface area contributed by atoms with E-state index in [9.17, 15) is 9.90 Å². The number of hydrogen-bond acceptors (Lipinski definition) is 7. The van der Waals surface area contributed by atoms with Crippen molar-refractivity contribution < 1.29 is 9.90 Å².